The fourth-order valence-electron chi connectivity index (χ4n) is 3.84. The van der Waals surface area contributed by atoms with E-state index in [1.807, 2.05) is 18.7 Å². The molecule has 0 atom stereocenters. The highest BCUT2D eigenvalue weighted by atomic mass is 19.4. The Bertz CT molecular complexity index is 973. The second-order valence-electron chi connectivity index (χ2n) is 8.73. The highest BCUT2D eigenvalue weighted by molar-refractivity contribution is 5.94. The van der Waals surface area contributed by atoms with Gasteiger partial charge in [0.25, 0.3) is 0 Å². The molecule has 1 saturated heterocycles. The van der Waals surface area contributed by atoms with Crippen LogP contribution in [0, 0.1) is 5.92 Å². The maximum atomic E-state index is 13.2. The minimum Gasteiger partial charge on any atom is -0.379 e. The zero-order valence-corrected chi connectivity index (χ0v) is 19.8. The van der Waals surface area contributed by atoms with Gasteiger partial charge in [0.05, 0.1) is 29.6 Å². The zero-order chi connectivity index (χ0) is 25.4. The molecule has 1 aliphatic rings. The summed E-state index contributed by atoms with van der Waals surface area (Å²) in [5, 5.41) is 9.45. The molecule has 9 nitrogen and oxygen atoms in total. The van der Waals surface area contributed by atoms with E-state index < -0.39 is 17.6 Å². The van der Waals surface area contributed by atoms with Gasteiger partial charge < -0.3 is 15.4 Å². The molecule has 2 heterocycles. The van der Waals surface area contributed by atoms with Crippen molar-refractivity contribution in [3.05, 3.63) is 36.4 Å². The Morgan fingerprint density at radius 3 is 2.60 bits per heavy atom. The van der Waals surface area contributed by atoms with Gasteiger partial charge in [-0.05, 0) is 64.4 Å². The molecule has 1 fully saturated rings. The second kappa shape index (κ2) is 12.1. The van der Waals surface area contributed by atoms with E-state index in [9.17, 15) is 22.8 Å². The van der Waals surface area contributed by atoms with Gasteiger partial charge in [0.15, 0.2) is 0 Å². The SMILES string of the molecule is CC(C)OCCCNC(=O)C1CCN(CC(=O)Nc2cc(C(F)(F)F)ccc2-n2cncn2)CC1. The van der Waals surface area contributed by atoms with Crippen molar-refractivity contribution < 1.29 is 27.5 Å². The van der Waals surface area contributed by atoms with Crippen LogP contribution in [0.1, 0.15) is 38.7 Å². The number of hydrogen-bond acceptors (Lipinski definition) is 6. The Morgan fingerprint density at radius 2 is 1.97 bits per heavy atom. The van der Waals surface area contributed by atoms with Crippen LogP contribution < -0.4 is 10.6 Å². The van der Waals surface area contributed by atoms with Crippen LogP contribution in [-0.2, 0) is 20.5 Å². The fraction of sp³-hybridized carbons (Fsp3) is 0.565. The second-order valence-corrected chi connectivity index (χ2v) is 8.73. The van der Waals surface area contributed by atoms with E-state index in [0.29, 0.717) is 39.1 Å². The van der Waals surface area contributed by atoms with Gasteiger partial charge in [0.1, 0.15) is 12.7 Å². The lowest BCUT2D eigenvalue weighted by atomic mass is 9.96. The van der Waals surface area contributed by atoms with E-state index in [1.165, 1.54) is 23.4 Å². The summed E-state index contributed by atoms with van der Waals surface area (Å²) >= 11 is 0. The molecule has 35 heavy (non-hydrogen) atoms. The maximum absolute atomic E-state index is 13.2. The van der Waals surface area contributed by atoms with Crippen LogP contribution in [0.5, 0.6) is 0 Å². The summed E-state index contributed by atoms with van der Waals surface area (Å²) in [6.45, 7) is 6.16. The molecule has 2 aromatic rings. The smallest absolute Gasteiger partial charge is 0.379 e. The summed E-state index contributed by atoms with van der Waals surface area (Å²) < 4.78 is 46.4. The Kier molecular flexibility index (Phi) is 9.21. The summed E-state index contributed by atoms with van der Waals surface area (Å²) in [6, 6.07) is 3.06. The van der Waals surface area contributed by atoms with Crippen LogP contribution in [0.3, 0.4) is 0 Å². The lowest BCUT2D eigenvalue weighted by molar-refractivity contribution is -0.137. The topological polar surface area (TPSA) is 101 Å². The van der Waals surface area contributed by atoms with Crippen LogP contribution >= 0.6 is 0 Å². The number of carbonyl (C=O) groups is 2. The van der Waals surface area contributed by atoms with E-state index in [2.05, 4.69) is 20.7 Å². The monoisotopic (exact) mass is 496 g/mol. The number of piperidine rings is 1. The standard InChI is InChI=1S/C23H31F3N6O3/c1-16(2)35-11-3-8-28-22(34)17-6-9-31(10-7-17)13-21(33)30-19-12-18(23(24,25)26)4-5-20(19)32-15-27-14-29-32/h4-5,12,14-17H,3,6-11,13H2,1-2H3,(H,28,34)(H,30,33). The van der Waals surface area contributed by atoms with Crippen molar-refractivity contribution in [3.63, 3.8) is 0 Å². The number of likely N-dealkylation sites (tertiary alicyclic amines) is 1. The molecule has 0 saturated carbocycles. The maximum Gasteiger partial charge on any atom is 0.416 e. The predicted octanol–water partition coefficient (Wildman–Crippen LogP) is 2.87. The molecule has 0 radical (unpaired) electrons. The fourth-order valence-corrected chi connectivity index (χ4v) is 3.84. The third kappa shape index (κ3) is 8.03. The van der Waals surface area contributed by atoms with Crippen LogP contribution in [0.2, 0.25) is 0 Å². The first-order valence-electron chi connectivity index (χ1n) is 11.6. The first kappa shape index (κ1) is 26.6. The molecule has 2 N–H and O–H groups in total. The molecule has 0 aliphatic carbocycles. The van der Waals surface area contributed by atoms with Gasteiger partial charge in [-0.1, -0.05) is 0 Å². The van der Waals surface area contributed by atoms with E-state index in [1.54, 1.807) is 0 Å². The number of aromatic nitrogens is 3. The number of hydrogen-bond donors (Lipinski definition) is 2. The van der Waals surface area contributed by atoms with E-state index in [-0.39, 0.29) is 35.8 Å². The molecule has 12 heteroatoms. The highest BCUT2D eigenvalue weighted by Crippen LogP contribution is 2.33. The molecule has 1 aromatic carbocycles. The van der Waals surface area contributed by atoms with Crippen molar-refractivity contribution in [2.75, 3.05) is 38.1 Å². The molecular weight excluding hydrogens is 465 g/mol. The predicted molar refractivity (Wildman–Crippen MR) is 123 cm³/mol. The molecule has 0 unspecified atom stereocenters. The van der Waals surface area contributed by atoms with Crippen molar-refractivity contribution in [1.82, 2.24) is 25.0 Å². The Morgan fingerprint density at radius 1 is 1.23 bits per heavy atom. The molecule has 2 amide bonds. The summed E-state index contributed by atoms with van der Waals surface area (Å²) in [5.41, 5.74) is -0.608. The number of amides is 2. The van der Waals surface area contributed by atoms with Gasteiger partial charge in [0, 0.05) is 19.1 Å². The van der Waals surface area contributed by atoms with Crippen molar-refractivity contribution in [2.45, 2.75) is 45.4 Å². The van der Waals surface area contributed by atoms with Crippen LogP contribution in [0.4, 0.5) is 18.9 Å². The van der Waals surface area contributed by atoms with Gasteiger partial charge in [-0.25, -0.2) is 9.67 Å². The first-order chi connectivity index (χ1) is 16.6. The van der Waals surface area contributed by atoms with E-state index in [0.717, 1.165) is 18.6 Å². The largest absolute Gasteiger partial charge is 0.416 e. The minimum atomic E-state index is -4.55. The van der Waals surface area contributed by atoms with Crippen LogP contribution in [0.15, 0.2) is 30.9 Å². The number of alkyl halides is 3. The number of rotatable bonds is 10. The third-order valence-electron chi connectivity index (χ3n) is 5.66. The molecular formula is C23H31F3N6O3. The number of carbonyl (C=O) groups excluding carboxylic acids is 2. The lowest BCUT2D eigenvalue weighted by Gasteiger charge is -2.30. The lowest BCUT2D eigenvalue weighted by Crippen LogP contribution is -2.43. The highest BCUT2D eigenvalue weighted by Gasteiger charge is 2.32. The Labute approximate surface area is 202 Å². The van der Waals surface area contributed by atoms with E-state index in [4.69, 9.17) is 4.74 Å². The molecule has 1 aromatic heterocycles. The average molecular weight is 497 g/mol. The van der Waals surface area contributed by atoms with Gasteiger partial charge in [0.2, 0.25) is 11.8 Å². The molecule has 192 valence electrons. The Hall–Kier alpha value is -2.99. The van der Waals surface area contributed by atoms with Crippen LogP contribution in [-0.4, -0.2) is 70.4 Å². The summed E-state index contributed by atoms with van der Waals surface area (Å²) in [4.78, 5) is 30.7. The van der Waals surface area contributed by atoms with Crippen molar-refractivity contribution in [1.29, 1.82) is 0 Å². The van der Waals surface area contributed by atoms with Crippen molar-refractivity contribution in [3.8, 4) is 5.69 Å². The minimum absolute atomic E-state index is 0.0000815. The molecule has 3 rings (SSSR count). The summed E-state index contributed by atoms with van der Waals surface area (Å²) in [5.74, 6) is -0.568. The van der Waals surface area contributed by atoms with Gasteiger partial charge >= 0.3 is 6.18 Å². The van der Waals surface area contributed by atoms with Gasteiger partial charge in [-0.2, -0.15) is 18.3 Å². The Balaban J connectivity index is 1.50. The normalized spacial score (nSPS) is 15.4. The van der Waals surface area contributed by atoms with Crippen LogP contribution in [0.25, 0.3) is 5.69 Å². The first-order valence-corrected chi connectivity index (χ1v) is 11.6. The van der Waals surface area contributed by atoms with Gasteiger partial charge in [-0.15, -0.1) is 0 Å². The van der Waals surface area contributed by atoms with Crippen molar-refractivity contribution in [2.24, 2.45) is 5.92 Å². The zero-order valence-electron chi connectivity index (χ0n) is 19.8. The van der Waals surface area contributed by atoms with Gasteiger partial charge in [-0.3, -0.25) is 14.5 Å². The van der Waals surface area contributed by atoms with E-state index >= 15 is 0 Å². The number of benzene rings is 1. The number of anilines is 1. The summed E-state index contributed by atoms with van der Waals surface area (Å²) in [7, 11) is 0. The number of ether oxygens (including phenoxy) is 1. The number of nitrogens with zero attached hydrogens (tertiary/aromatic N) is 4. The number of nitrogens with one attached hydrogen (secondary N) is 2. The average Bonchev–Trinajstić information content (AvgIpc) is 3.33. The third-order valence-corrected chi connectivity index (χ3v) is 5.66. The summed E-state index contributed by atoms with van der Waals surface area (Å²) in [6.07, 6.45) is 0.161. The number of halogens is 3. The van der Waals surface area contributed by atoms with Crippen molar-refractivity contribution >= 4 is 17.5 Å². The molecule has 0 bridgehead atoms. The quantitative estimate of drug-likeness (QED) is 0.491. The molecule has 0 spiro atoms. The molecule has 1 aliphatic heterocycles.